The highest BCUT2D eigenvalue weighted by atomic mass is 79.9. The predicted octanol–water partition coefficient (Wildman–Crippen LogP) is -0.174. The van der Waals surface area contributed by atoms with Crippen LogP contribution in [0.2, 0.25) is 0 Å². The van der Waals surface area contributed by atoms with Crippen LogP contribution < -0.4 is 16.6 Å². The van der Waals surface area contributed by atoms with Crippen molar-refractivity contribution in [1.82, 2.24) is 9.78 Å². The maximum Gasteiger partial charge on any atom is 0.408 e. The van der Waals surface area contributed by atoms with Crippen LogP contribution in [0.5, 0.6) is 0 Å². The molecule has 7 nitrogen and oxygen atoms in total. The van der Waals surface area contributed by atoms with Crippen molar-refractivity contribution in [2.45, 2.75) is 18.8 Å². The van der Waals surface area contributed by atoms with E-state index in [9.17, 15) is 22.8 Å². The molecule has 0 aliphatic rings. The molecule has 0 fully saturated rings. The van der Waals surface area contributed by atoms with E-state index < -0.39 is 30.3 Å². The molecule has 0 aliphatic carbocycles. The largest absolute Gasteiger partial charge is 0.408 e. The van der Waals surface area contributed by atoms with Gasteiger partial charge >= 0.3 is 6.18 Å². The Hall–Kier alpha value is -1.62. The normalized spacial score (nSPS) is 13.1. The van der Waals surface area contributed by atoms with Crippen molar-refractivity contribution < 1.29 is 23.1 Å². The average Bonchev–Trinajstić information content (AvgIpc) is 2.32. The lowest BCUT2D eigenvalue weighted by atomic mass is 10.3. The monoisotopic (exact) mass is 358 g/mol. The molecule has 1 rings (SSSR count). The van der Waals surface area contributed by atoms with Crippen LogP contribution in [0, 0.1) is 0 Å². The first-order valence-electron chi connectivity index (χ1n) is 5.15. The molecule has 4 N–H and O–H groups in total. The number of alkyl halides is 3. The SMILES string of the molecule is NC(=O)C(O)CNc1cnn(CC(F)(F)F)c(=O)c1Br. The first kappa shape index (κ1) is 16.4. The predicted molar refractivity (Wildman–Crippen MR) is 65.9 cm³/mol. The van der Waals surface area contributed by atoms with E-state index in [1.54, 1.807) is 0 Å². The Kier molecular flexibility index (Phi) is 5.11. The van der Waals surface area contributed by atoms with Gasteiger partial charge in [0.05, 0.1) is 11.9 Å². The minimum absolute atomic E-state index is 0.0359. The number of nitrogens with zero attached hydrogens (tertiary/aromatic N) is 2. The van der Waals surface area contributed by atoms with Gasteiger partial charge in [0.15, 0.2) is 0 Å². The number of nitrogens with two attached hydrogens (primary N) is 1. The van der Waals surface area contributed by atoms with Crippen molar-refractivity contribution in [3.63, 3.8) is 0 Å². The topological polar surface area (TPSA) is 110 Å². The molecular weight excluding hydrogens is 349 g/mol. The summed E-state index contributed by atoms with van der Waals surface area (Å²) >= 11 is 2.82. The maximum absolute atomic E-state index is 12.2. The fourth-order valence-corrected chi connectivity index (χ4v) is 1.63. The number of carbonyl (C=O) groups is 1. The van der Waals surface area contributed by atoms with E-state index in [1.165, 1.54) is 0 Å². The lowest BCUT2D eigenvalue weighted by Gasteiger charge is -2.13. The van der Waals surface area contributed by atoms with Crippen LogP contribution in [0.15, 0.2) is 15.5 Å². The second-order valence-corrected chi connectivity index (χ2v) is 4.54. The summed E-state index contributed by atoms with van der Waals surface area (Å²) < 4.78 is 36.6. The van der Waals surface area contributed by atoms with E-state index in [0.717, 1.165) is 6.20 Å². The van der Waals surface area contributed by atoms with Gasteiger partial charge in [-0.05, 0) is 15.9 Å². The molecule has 0 spiro atoms. The Morgan fingerprint density at radius 1 is 1.60 bits per heavy atom. The zero-order valence-corrected chi connectivity index (χ0v) is 11.4. The van der Waals surface area contributed by atoms with Crippen LogP contribution in [0.3, 0.4) is 0 Å². The molecule has 1 aromatic rings. The number of primary amides is 1. The van der Waals surface area contributed by atoms with Gasteiger partial charge in [0.25, 0.3) is 5.56 Å². The van der Waals surface area contributed by atoms with Gasteiger partial charge in [-0.25, -0.2) is 4.68 Å². The summed E-state index contributed by atoms with van der Waals surface area (Å²) in [6.45, 7) is -1.83. The number of hydrogen-bond donors (Lipinski definition) is 3. The van der Waals surface area contributed by atoms with Crippen molar-refractivity contribution in [2.24, 2.45) is 5.73 Å². The number of aliphatic hydroxyl groups excluding tert-OH is 1. The molecule has 0 saturated carbocycles. The molecule has 11 heteroatoms. The Balaban J connectivity index is 2.90. The van der Waals surface area contributed by atoms with Crippen LogP contribution in [0.25, 0.3) is 0 Å². The third-order valence-electron chi connectivity index (χ3n) is 2.13. The van der Waals surface area contributed by atoms with Crippen molar-refractivity contribution >= 4 is 27.5 Å². The maximum atomic E-state index is 12.2. The number of amides is 1. The second kappa shape index (κ2) is 6.22. The van der Waals surface area contributed by atoms with Crippen molar-refractivity contribution in [3.8, 4) is 0 Å². The summed E-state index contributed by atoms with van der Waals surface area (Å²) in [5.41, 5.74) is 3.85. The van der Waals surface area contributed by atoms with E-state index >= 15 is 0 Å². The first-order valence-corrected chi connectivity index (χ1v) is 5.94. The molecule has 1 unspecified atom stereocenters. The molecule has 112 valence electrons. The lowest BCUT2D eigenvalue weighted by molar-refractivity contribution is -0.143. The van der Waals surface area contributed by atoms with Crippen molar-refractivity contribution in [3.05, 3.63) is 21.0 Å². The standard InChI is InChI=1S/C9H10BrF3N4O3/c10-6-4(15-2-5(18)7(14)19)1-16-17(8(6)20)3-9(11,12)13/h1,5,15,18H,2-3H2,(H2,14,19). The molecule has 1 heterocycles. The Morgan fingerprint density at radius 2 is 2.20 bits per heavy atom. The molecule has 0 saturated heterocycles. The lowest BCUT2D eigenvalue weighted by Crippen LogP contribution is -2.35. The average molecular weight is 359 g/mol. The molecule has 1 atom stereocenters. The summed E-state index contributed by atoms with van der Waals surface area (Å²) in [6.07, 6.45) is -5.11. The third-order valence-corrected chi connectivity index (χ3v) is 2.89. The van der Waals surface area contributed by atoms with Crippen molar-refractivity contribution in [1.29, 1.82) is 0 Å². The Labute approximate surface area is 118 Å². The third kappa shape index (κ3) is 4.49. The highest BCUT2D eigenvalue weighted by Gasteiger charge is 2.29. The van der Waals surface area contributed by atoms with E-state index in [0.29, 0.717) is 0 Å². The summed E-state index contributed by atoms with van der Waals surface area (Å²) in [5, 5.41) is 15.0. The second-order valence-electron chi connectivity index (χ2n) is 3.75. The number of rotatable bonds is 5. The van der Waals surface area contributed by atoms with Gasteiger partial charge in [0.2, 0.25) is 5.91 Å². The number of hydrogen-bond acceptors (Lipinski definition) is 5. The molecule has 1 aromatic heterocycles. The van der Waals surface area contributed by atoms with Crippen LogP contribution in [0.4, 0.5) is 18.9 Å². The number of anilines is 1. The smallest absolute Gasteiger partial charge is 0.381 e. The highest BCUT2D eigenvalue weighted by molar-refractivity contribution is 9.10. The van der Waals surface area contributed by atoms with E-state index in [2.05, 4.69) is 26.3 Å². The fraction of sp³-hybridized carbons (Fsp3) is 0.444. The quantitative estimate of drug-likeness (QED) is 0.676. The van der Waals surface area contributed by atoms with Gasteiger partial charge in [-0.3, -0.25) is 9.59 Å². The Morgan fingerprint density at radius 3 is 2.70 bits per heavy atom. The minimum Gasteiger partial charge on any atom is -0.381 e. The fourth-order valence-electron chi connectivity index (χ4n) is 1.18. The van der Waals surface area contributed by atoms with Gasteiger partial charge in [-0.1, -0.05) is 0 Å². The van der Waals surface area contributed by atoms with Gasteiger partial charge < -0.3 is 16.2 Å². The number of aliphatic hydroxyl groups is 1. The van der Waals surface area contributed by atoms with Crippen LogP contribution in [-0.4, -0.2) is 39.6 Å². The Bertz CT molecular complexity index is 560. The van der Waals surface area contributed by atoms with Crippen LogP contribution in [-0.2, 0) is 11.3 Å². The summed E-state index contributed by atoms with van der Waals surface area (Å²) in [7, 11) is 0. The zero-order valence-electron chi connectivity index (χ0n) is 9.82. The van der Waals surface area contributed by atoms with E-state index in [1.807, 2.05) is 0 Å². The summed E-state index contributed by atoms with van der Waals surface area (Å²) in [5.74, 6) is -0.980. The molecule has 0 aliphatic heterocycles. The highest BCUT2D eigenvalue weighted by Crippen LogP contribution is 2.19. The molecule has 1 amide bonds. The zero-order chi connectivity index (χ0) is 15.5. The van der Waals surface area contributed by atoms with Crippen LogP contribution >= 0.6 is 15.9 Å². The summed E-state index contributed by atoms with van der Waals surface area (Å²) in [6, 6.07) is 0. The minimum atomic E-state index is -4.58. The number of aromatic nitrogens is 2. The number of carbonyl (C=O) groups excluding carboxylic acids is 1. The molecule has 20 heavy (non-hydrogen) atoms. The summed E-state index contributed by atoms with van der Waals surface area (Å²) in [4.78, 5) is 22.2. The molecule has 0 bridgehead atoms. The van der Waals surface area contributed by atoms with E-state index in [4.69, 9.17) is 10.8 Å². The van der Waals surface area contributed by atoms with Gasteiger partial charge in [-0.2, -0.15) is 18.3 Å². The molecular formula is C9H10BrF3N4O3. The number of halogens is 4. The van der Waals surface area contributed by atoms with Gasteiger partial charge in [0.1, 0.15) is 17.1 Å². The van der Waals surface area contributed by atoms with Crippen LogP contribution in [0.1, 0.15) is 0 Å². The van der Waals surface area contributed by atoms with E-state index in [-0.39, 0.29) is 21.4 Å². The van der Waals surface area contributed by atoms with Gasteiger partial charge in [-0.15, -0.1) is 0 Å². The van der Waals surface area contributed by atoms with Gasteiger partial charge in [0, 0.05) is 6.54 Å². The number of nitrogens with one attached hydrogen (secondary N) is 1. The van der Waals surface area contributed by atoms with Crippen molar-refractivity contribution in [2.75, 3.05) is 11.9 Å². The molecule has 0 radical (unpaired) electrons. The molecule has 0 aromatic carbocycles. The first-order chi connectivity index (χ1) is 9.11.